The first-order valence-corrected chi connectivity index (χ1v) is 8.47. The molecule has 0 radical (unpaired) electrons. The molecule has 2 aliphatic carbocycles. The predicted octanol–water partition coefficient (Wildman–Crippen LogP) is 3.72. The van der Waals surface area contributed by atoms with Crippen LogP contribution < -0.4 is 5.73 Å². The average molecular weight is 371 g/mol. The van der Waals surface area contributed by atoms with Gasteiger partial charge in [0.2, 0.25) is 0 Å². The molecule has 3 heteroatoms. The second-order valence-electron chi connectivity index (χ2n) is 6.14. The van der Waals surface area contributed by atoms with Gasteiger partial charge < -0.3 is 10.8 Å². The number of phenols is 1. The fourth-order valence-electron chi connectivity index (χ4n) is 4.41. The van der Waals surface area contributed by atoms with Crippen molar-refractivity contribution in [2.75, 3.05) is 6.54 Å². The standard InChI is InChI=1S/C16H22INO/c17-14-9-11-4-5-12-3-1-2-6-16(12,7-8-18)13(11)10-15(14)19/h9-10,12,19H,1-8,18H2/t12?,16-/m0/s1. The SMILES string of the molecule is NCC[C@@]12CCCCC1CCc1cc(I)c(O)cc12. The Bertz CT molecular complexity index is 484. The van der Waals surface area contributed by atoms with E-state index in [1.54, 1.807) is 0 Å². The van der Waals surface area contributed by atoms with E-state index in [0.29, 0.717) is 5.75 Å². The van der Waals surface area contributed by atoms with Crippen LogP contribution in [-0.2, 0) is 11.8 Å². The minimum absolute atomic E-state index is 0.252. The summed E-state index contributed by atoms with van der Waals surface area (Å²) in [6, 6.07) is 4.23. The van der Waals surface area contributed by atoms with Crippen molar-refractivity contribution in [2.45, 2.75) is 50.4 Å². The summed E-state index contributed by atoms with van der Waals surface area (Å²) in [7, 11) is 0. The lowest BCUT2D eigenvalue weighted by Crippen LogP contribution is -2.43. The third kappa shape index (κ3) is 2.19. The van der Waals surface area contributed by atoms with E-state index >= 15 is 0 Å². The molecule has 1 aromatic rings. The highest BCUT2D eigenvalue weighted by Crippen LogP contribution is 2.52. The molecule has 104 valence electrons. The second kappa shape index (κ2) is 5.24. The molecular weight excluding hydrogens is 349 g/mol. The van der Waals surface area contributed by atoms with E-state index in [1.165, 1.54) is 49.7 Å². The maximum Gasteiger partial charge on any atom is 0.129 e. The number of hydrogen-bond donors (Lipinski definition) is 2. The van der Waals surface area contributed by atoms with Crippen LogP contribution in [0, 0.1) is 9.49 Å². The maximum absolute atomic E-state index is 10.1. The monoisotopic (exact) mass is 371 g/mol. The molecule has 2 atom stereocenters. The summed E-state index contributed by atoms with van der Waals surface area (Å²) in [4.78, 5) is 0. The van der Waals surface area contributed by atoms with Gasteiger partial charge in [-0.2, -0.15) is 0 Å². The molecule has 19 heavy (non-hydrogen) atoms. The maximum atomic E-state index is 10.1. The first-order chi connectivity index (χ1) is 9.17. The van der Waals surface area contributed by atoms with Gasteiger partial charge >= 0.3 is 0 Å². The molecule has 0 heterocycles. The van der Waals surface area contributed by atoms with E-state index in [2.05, 4.69) is 28.7 Å². The number of fused-ring (bicyclic) bond motifs is 3. The highest BCUT2D eigenvalue weighted by Gasteiger charge is 2.44. The van der Waals surface area contributed by atoms with Crippen LogP contribution >= 0.6 is 22.6 Å². The molecule has 3 rings (SSSR count). The Morgan fingerprint density at radius 2 is 2.16 bits per heavy atom. The van der Waals surface area contributed by atoms with E-state index < -0.39 is 0 Å². The second-order valence-corrected chi connectivity index (χ2v) is 7.30. The molecule has 2 aliphatic rings. The first kappa shape index (κ1) is 13.7. The fraction of sp³-hybridized carbons (Fsp3) is 0.625. The van der Waals surface area contributed by atoms with Crippen LogP contribution in [0.25, 0.3) is 0 Å². The van der Waals surface area contributed by atoms with Crippen molar-refractivity contribution >= 4 is 22.6 Å². The van der Waals surface area contributed by atoms with Crippen LogP contribution in [0.5, 0.6) is 5.75 Å². The Morgan fingerprint density at radius 3 is 2.95 bits per heavy atom. The number of nitrogens with two attached hydrogens (primary N) is 1. The van der Waals surface area contributed by atoms with E-state index in [-0.39, 0.29) is 5.41 Å². The van der Waals surface area contributed by atoms with Crippen molar-refractivity contribution in [1.29, 1.82) is 0 Å². The first-order valence-electron chi connectivity index (χ1n) is 7.39. The van der Waals surface area contributed by atoms with Gasteiger partial charge in [0.25, 0.3) is 0 Å². The van der Waals surface area contributed by atoms with Crippen LogP contribution in [-0.4, -0.2) is 11.7 Å². The Balaban J connectivity index is 2.12. The molecule has 2 nitrogen and oxygen atoms in total. The lowest BCUT2D eigenvalue weighted by atomic mass is 9.56. The normalized spacial score (nSPS) is 29.7. The molecule has 1 unspecified atom stereocenters. The van der Waals surface area contributed by atoms with Gasteiger partial charge in [0.15, 0.2) is 0 Å². The van der Waals surface area contributed by atoms with Gasteiger partial charge in [-0.05, 0) is 95.8 Å². The zero-order chi connectivity index (χ0) is 13.5. The van der Waals surface area contributed by atoms with Gasteiger partial charge in [-0.15, -0.1) is 0 Å². The topological polar surface area (TPSA) is 46.2 Å². The third-order valence-corrected chi connectivity index (χ3v) is 6.13. The summed E-state index contributed by atoms with van der Waals surface area (Å²) >= 11 is 2.23. The fourth-order valence-corrected chi connectivity index (χ4v) is 4.94. The van der Waals surface area contributed by atoms with Gasteiger partial charge in [-0.1, -0.05) is 12.8 Å². The van der Waals surface area contributed by atoms with Crippen molar-refractivity contribution in [3.8, 4) is 5.75 Å². The molecule has 1 saturated carbocycles. The number of halogens is 1. The third-order valence-electron chi connectivity index (χ3n) is 5.27. The summed E-state index contributed by atoms with van der Waals surface area (Å²) in [6.45, 7) is 0.753. The number of rotatable bonds is 2. The molecule has 0 bridgehead atoms. The highest BCUT2D eigenvalue weighted by molar-refractivity contribution is 14.1. The van der Waals surface area contributed by atoms with E-state index in [4.69, 9.17) is 5.73 Å². The summed E-state index contributed by atoms with van der Waals surface area (Å²) < 4.78 is 0.980. The van der Waals surface area contributed by atoms with Gasteiger partial charge in [0.1, 0.15) is 5.75 Å². The van der Waals surface area contributed by atoms with Gasteiger partial charge in [-0.3, -0.25) is 0 Å². The molecule has 3 N–H and O–H groups in total. The summed E-state index contributed by atoms with van der Waals surface area (Å²) in [5.74, 6) is 1.22. The Morgan fingerprint density at radius 1 is 1.32 bits per heavy atom. The van der Waals surface area contributed by atoms with E-state index in [9.17, 15) is 5.11 Å². The Kier molecular flexibility index (Phi) is 3.78. The number of aryl methyl sites for hydroxylation is 1. The number of phenolic OH excluding ortho intramolecular Hbond substituents is 1. The molecule has 0 saturated heterocycles. The Hall–Kier alpha value is -0.290. The zero-order valence-electron chi connectivity index (χ0n) is 11.3. The van der Waals surface area contributed by atoms with E-state index in [1.807, 2.05) is 6.07 Å². The zero-order valence-corrected chi connectivity index (χ0v) is 13.4. The summed E-state index contributed by atoms with van der Waals surface area (Å²) in [5, 5.41) is 10.1. The lowest BCUT2D eigenvalue weighted by Gasteiger charge is -2.49. The molecule has 1 aromatic carbocycles. The van der Waals surface area contributed by atoms with Crippen molar-refractivity contribution in [3.63, 3.8) is 0 Å². The summed E-state index contributed by atoms with van der Waals surface area (Å²) in [5.41, 5.74) is 9.04. The molecule has 0 amide bonds. The quantitative estimate of drug-likeness (QED) is 0.779. The minimum Gasteiger partial charge on any atom is -0.507 e. The van der Waals surface area contributed by atoms with E-state index in [0.717, 1.165) is 22.5 Å². The highest BCUT2D eigenvalue weighted by atomic mass is 127. The smallest absolute Gasteiger partial charge is 0.129 e. The van der Waals surface area contributed by atoms with Gasteiger partial charge in [-0.25, -0.2) is 0 Å². The van der Waals surface area contributed by atoms with Crippen molar-refractivity contribution in [2.24, 2.45) is 11.7 Å². The number of hydrogen-bond acceptors (Lipinski definition) is 2. The van der Waals surface area contributed by atoms with Gasteiger partial charge in [0, 0.05) is 0 Å². The predicted molar refractivity (Wildman–Crippen MR) is 86.5 cm³/mol. The molecule has 0 aliphatic heterocycles. The lowest BCUT2D eigenvalue weighted by molar-refractivity contribution is 0.150. The van der Waals surface area contributed by atoms with Crippen LogP contribution in [0.3, 0.4) is 0 Å². The Labute approximate surface area is 128 Å². The number of benzene rings is 1. The summed E-state index contributed by atoms with van der Waals surface area (Å²) in [6.07, 6.45) is 8.81. The van der Waals surface area contributed by atoms with Crippen molar-refractivity contribution < 1.29 is 5.11 Å². The van der Waals surface area contributed by atoms with Crippen molar-refractivity contribution in [1.82, 2.24) is 0 Å². The van der Waals surface area contributed by atoms with Crippen molar-refractivity contribution in [3.05, 3.63) is 26.8 Å². The van der Waals surface area contributed by atoms with Crippen LogP contribution in [0.2, 0.25) is 0 Å². The van der Waals surface area contributed by atoms with Crippen LogP contribution in [0.15, 0.2) is 12.1 Å². The number of aromatic hydroxyl groups is 1. The molecule has 1 fully saturated rings. The molecular formula is C16H22INO. The molecule has 0 aromatic heterocycles. The van der Waals surface area contributed by atoms with Crippen LogP contribution in [0.1, 0.15) is 49.7 Å². The average Bonchev–Trinajstić information content (AvgIpc) is 2.41. The molecule has 0 spiro atoms. The minimum atomic E-state index is 0.252. The van der Waals surface area contributed by atoms with Gasteiger partial charge in [0.05, 0.1) is 3.57 Å². The van der Waals surface area contributed by atoms with Crippen LogP contribution in [0.4, 0.5) is 0 Å². The largest absolute Gasteiger partial charge is 0.507 e.